The van der Waals surface area contributed by atoms with Gasteiger partial charge in [0, 0.05) is 38.6 Å². The van der Waals surface area contributed by atoms with Gasteiger partial charge in [-0.1, -0.05) is 0 Å². The minimum atomic E-state index is -0.131. The van der Waals surface area contributed by atoms with Crippen molar-refractivity contribution in [2.75, 3.05) is 26.2 Å². The smallest absolute Gasteiger partial charge is 0.289 e. The molecule has 1 saturated heterocycles. The summed E-state index contributed by atoms with van der Waals surface area (Å²) in [5.74, 6) is 0.156. The summed E-state index contributed by atoms with van der Waals surface area (Å²) in [4.78, 5) is 31.8. The van der Waals surface area contributed by atoms with Gasteiger partial charge in [0.1, 0.15) is 0 Å². The summed E-state index contributed by atoms with van der Waals surface area (Å²) in [6.45, 7) is 2.04. The second-order valence-corrected chi connectivity index (χ2v) is 4.80. The lowest BCUT2D eigenvalue weighted by atomic mass is 10.2. The van der Waals surface area contributed by atoms with Gasteiger partial charge in [-0.25, -0.2) is 0 Å². The Kier molecular flexibility index (Phi) is 5.16. The van der Waals surface area contributed by atoms with Gasteiger partial charge in [-0.05, 0) is 24.3 Å². The van der Waals surface area contributed by atoms with E-state index < -0.39 is 0 Å². The zero-order valence-corrected chi connectivity index (χ0v) is 12.7. The van der Waals surface area contributed by atoms with Gasteiger partial charge in [-0.3, -0.25) is 14.6 Å². The van der Waals surface area contributed by atoms with E-state index in [1.807, 2.05) is 0 Å². The van der Waals surface area contributed by atoms with Crippen LogP contribution in [-0.2, 0) is 0 Å². The summed E-state index contributed by atoms with van der Waals surface area (Å²) in [6, 6.07) is 6.82. The summed E-state index contributed by atoms with van der Waals surface area (Å²) in [5, 5.41) is 0. The fourth-order valence-electron chi connectivity index (χ4n) is 2.34. The zero-order valence-electron chi connectivity index (χ0n) is 11.8. The number of hydrogen-bond acceptors (Lipinski definition) is 4. The molecule has 22 heavy (non-hydrogen) atoms. The van der Waals surface area contributed by atoms with Crippen LogP contribution in [0.3, 0.4) is 0 Å². The van der Waals surface area contributed by atoms with Gasteiger partial charge in [0.15, 0.2) is 5.76 Å². The Hall–Kier alpha value is -2.34. The van der Waals surface area contributed by atoms with Gasteiger partial charge in [-0.2, -0.15) is 0 Å². The zero-order chi connectivity index (χ0) is 14.7. The van der Waals surface area contributed by atoms with Crippen LogP contribution in [0.25, 0.3) is 0 Å². The van der Waals surface area contributed by atoms with Gasteiger partial charge in [-0.15, -0.1) is 12.4 Å². The van der Waals surface area contributed by atoms with E-state index in [2.05, 4.69) is 4.98 Å². The molecule has 0 saturated carbocycles. The third-order valence-electron chi connectivity index (χ3n) is 3.49. The average molecular weight is 322 g/mol. The Morgan fingerprint density at radius 1 is 1.00 bits per heavy atom. The topological polar surface area (TPSA) is 66.7 Å². The van der Waals surface area contributed by atoms with Crippen molar-refractivity contribution in [2.24, 2.45) is 0 Å². The van der Waals surface area contributed by atoms with Crippen molar-refractivity contribution in [3.63, 3.8) is 0 Å². The second kappa shape index (κ2) is 7.09. The summed E-state index contributed by atoms with van der Waals surface area (Å²) >= 11 is 0. The maximum atomic E-state index is 12.3. The molecule has 1 aliphatic heterocycles. The highest BCUT2D eigenvalue weighted by Crippen LogP contribution is 2.11. The van der Waals surface area contributed by atoms with Crippen LogP contribution in [0.4, 0.5) is 0 Å². The molecule has 1 fully saturated rings. The van der Waals surface area contributed by atoms with Crippen molar-refractivity contribution in [3.8, 4) is 0 Å². The number of carbonyl (C=O) groups is 2. The minimum absolute atomic E-state index is 0. The van der Waals surface area contributed by atoms with Gasteiger partial charge >= 0.3 is 0 Å². The molecular weight excluding hydrogens is 306 g/mol. The van der Waals surface area contributed by atoms with E-state index >= 15 is 0 Å². The molecule has 116 valence electrons. The third-order valence-corrected chi connectivity index (χ3v) is 3.49. The Balaban J connectivity index is 0.00000176. The van der Waals surface area contributed by atoms with E-state index in [4.69, 9.17) is 4.42 Å². The van der Waals surface area contributed by atoms with Crippen LogP contribution in [0.2, 0.25) is 0 Å². The quantitative estimate of drug-likeness (QED) is 0.844. The number of hydrogen-bond donors (Lipinski definition) is 0. The standard InChI is InChI=1S/C15H15N3O3.ClH/c19-14(12-3-1-5-16-11-12)17-6-8-18(9-7-17)15(20)13-4-2-10-21-13;/h1-5,10-11H,6-9H2;1H. The van der Waals surface area contributed by atoms with Crippen LogP contribution in [-0.4, -0.2) is 52.8 Å². The first-order valence-electron chi connectivity index (χ1n) is 6.78. The molecule has 6 nitrogen and oxygen atoms in total. The van der Waals surface area contributed by atoms with Crippen molar-refractivity contribution < 1.29 is 14.0 Å². The number of furan rings is 1. The lowest BCUT2D eigenvalue weighted by Crippen LogP contribution is -2.50. The van der Waals surface area contributed by atoms with Crippen molar-refractivity contribution in [2.45, 2.75) is 0 Å². The predicted molar refractivity (Wildman–Crippen MR) is 82.0 cm³/mol. The van der Waals surface area contributed by atoms with Crippen molar-refractivity contribution in [1.82, 2.24) is 14.8 Å². The van der Waals surface area contributed by atoms with Gasteiger partial charge in [0.05, 0.1) is 11.8 Å². The Morgan fingerprint density at radius 2 is 1.68 bits per heavy atom. The van der Waals surface area contributed by atoms with E-state index in [1.54, 1.807) is 46.5 Å². The van der Waals surface area contributed by atoms with E-state index in [0.29, 0.717) is 37.5 Å². The predicted octanol–water partition coefficient (Wildman–Crippen LogP) is 1.69. The van der Waals surface area contributed by atoms with Crippen LogP contribution in [0.5, 0.6) is 0 Å². The van der Waals surface area contributed by atoms with Crippen molar-refractivity contribution in [1.29, 1.82) is 0 Å². The van der Waals surface area contributed by atoms with Gasteiger partial charge in [0.25, 0.3) is 11.8 Å². The summed E-state index contributed by atoms with van der Waals surface area (Å²) in [5.41, 5.74) is 0.573. The minimum Gasteiger partial charge on any atom is -0.459 e. The first-order chi connectivity index (χ1) is 10.3. The first-order valence-corrected chi connectivity index (χ1v) is 6.78. The lowest BCUT2D eigenvalue weighted by Gasteiger charge is -2.34. The van der Waals surface area contributed by atoms with Crippen molar-refractivity contribution in [3.05, 3.63) is 54.2 Å². The summed E-state index contributed by atoms with van der Waals surface area (Å²) in [6.07, 6.45) is 4.68. The number of piperazine rings is 1. The average Bonchev–Trinajstić information content (AvgIpc) is 3.09. The number of amides is 2. The van der Waals surface area contributed by atoms with E-state index in [9.17, 15) is 9.59 Å². The monoisotopic (exact) mass is 321 g/mol. The molecule has 2 amide bonds. The van der Waals surface area contributed by atoms with Crippen LogP contribution in [0.15, 0.2) is 47.3 Å². The SMILES string of the molecule is Cl.O=C(c1cccnc1)N1CCN(C(=O)c2ccco2)CC1. The second-order valence-electron chi connectivity index (χ2n) is 4.80. The lowest BCUT2D eigenvalue weighted by molar-refractivity contribution is 0.0518. The highest BCUT2D eigenvalue weighted by molar-refractivity contribution is 5.94. The van der Waals surface area contributed by atoms with Crippen LogP contribution < -0.4 is 0 Å². The molecule has 0 aliphatic carbocycles. The summed E-state index contributed by atoms with van der Waals surface area (Å²) < 4.78 is 5.11. The molecule has 0 atom stereocenters. The number of aromatic nitrogens is 1. The van der Waals surface area contributed by atoms with Crippen molar-refractivity contribution >= 4 is 24.2 Å². The number of nitrogens with zero attached hydrogens (tertiary/aromatic N) is 3. The highest BCUT2D eigenvalue weighted by atomic mass is 35.5. The molecule has 3 rings (SSSR count). The number of halogens is 1. The highest BCUT2D eigenvalue weighted by Gasteiger charge is 2.26. The van der Waals surface area contributed by atoms with E-state index in [-0.39, 0.29) is 24.2 Å². The molecule has 0 unspecified atom stereocenters. The van der Waals surface area contributed by atoms with E-state index in [1.165, 1.54) is 6.26 Å². The normalized spacial score (nSPS) is 14.4. The number of pyridine rings is 1. The molecule has 0 aromatic carbocycles. The Labute approximate surface area is 134 Å². The molecule has 3 heterocycles. The molecule has 1 aliphatic rings. The van der Waals surface area contributed by atoms with Gasteiger partial charge in [0.2, 0.25) is 0 Å². The Morgan fingerprint density at radius 3 is 2.23 bits per heavy atom. The molecule has 0 spiro atoms. The van der Waals surface area contributed by atoms with Crippen LogP contribution >= 0.6 is 12.4 Å². The molecule has 0 bridgehead atoms. The molecular formula is C15H16ClN3O3. The first kappa shape index (κ1) is 16.0. The van der Waals surface area contributed by atoms with Crippen LogP contribution in [0.1, 0.15) is 20.9 Å². The molecule has 2 aromatic rings. The maximum Gasteiger partial charge on any atom is 0.289 e. The van der Waals surface area contributed by atoms with Crippen LogP contribution in [0, 0.1) is 0 Å². The molecule has 0 N–H and O–H groups in total. The third kappa shape index (κ3) is 3.28. The number of carbonyl (C=O) groups excluding carboxylic acids is 2. The molecule has 2 aromatic heterocycles. The fourth-order valence-corrected chi connectivity index (χ4v) is 2.34. The fraction of sp³-hybridized carbons (Fsp3) is 0.267. The molecule has 7 heteroatoms. The Bertz CT molecular complexity index is 623. The van der Waals surface area contributed by atoms with Gasteiger partial charge < -0.3 is 14.2 Å². The summed E-state index contributed by atoms with van der Waals surface area (Å²) in [7, 11) is 0. The molecule has 0 radical (unpaired) electrons. The largest absolute Gasteiger partial charge is 0.459 e. The maximum absolute atomic E-state index is 12.3. The number of rotatable bonds is 2. The van der Waals surface area contributed by atoms with E-state index in [0.717, 1.165) is 0 Å².